The Morgan fingerprint density at radius 1 is 1.36 bits per heavy atom. The van der Waals surface area contributed by atoms with Crippen LogP contribution in [0.5, 0.6) is 0 Å². The topological polar surface area (TPSA) is 3.24 Å². The van der Waals surface area contributed by atoms with E-state index >= 15 is 0 Å². The summed E-state index contributed by atoms with van der Waals surface area (Å²) in [5, 5.41) is 0. The Bertz CT molecular complexity index is 291. The highest BCUT2D eigenvalue weighted by Crippen LogP contribution is 2.21. The number of hydrogen-bond acceptors (Lipinski definition) is 1. The van der Waals surface area contributed by atoms with Gasteiger partial charge in [0.25, 0.3) is 6.43 Å². The number of nitrogens with zero attached hydrogens (tertiary/aromatic N) is 1. The summed E-state index contributed by atoms with van der Waals surface area (Å²) in [4.78, 5) is 1.52. The molecule has 0 unspecified atom stereocenters. The second kappa shape index (κ2) is 5.15. The van der Waals surface area contributed by atoms with Gasteiger partial charge in [0.05, 0.1) is 6.54 Å². The minimum Gasteiger partial charge on any atom is -0.369 e. The molecule has 1 rings (SSSR count). The molecule has 0 aliphatic rings. The predicted molar refractivity (Wildman–Crippen MR) is 55.3 cm³/mol. The summed E-state index contributed by atoms with van der Waals surface area (Å²) >= 11 is 5.70. The summed E-state index contributed by atoms with van der Waals surface area (Å²) in [5.41, 5.74) is 1.64. The van der Waals surface area contributed by atoms with Crippen molar-refractivity contribution < 1.29 is 8.78 Å². The van der Waals surface area contributed by atoms with Crippen LogP contribution in [0.2, 0.25) is 0 Å². The summed E-state index contributed by atoms with van der Waals surface area (Å²) in [6, 6.07) is 7.29. The Morgan fingerprint density at radius 2 is 2.00 bits per heavy atom. The zero-order chi connectivity index (χ0) is 10.6. The zero-order valence-electron chi connectivity index (χ0n) is 7.88. The molecule has 78 valence electrons. The van der Waals surface area contributed by atoms with Gasteiger partial charge in [-0.25, -0.2) is 8.78 Å². The van der Waals surface area contributed by atoms with Crippen molar-refractivity contribution in [3.05, 3.63) is 29.8 Å². The Morgan fingerprint density at radius 3 is 2.57 bits per heavy atom. The van der Waals surface area contributed by atoms with Gasteiger partial charge in [0, 0.05) is 18.6 Å². The molecule has 0 spiro atoms. The van der Waals surface area contributed by atoms with Gasteiger partial charge in [-0.2, -0.15) is 0 Å². The third kappa shape index (κ3) is 2.84. The van der Waals surface area contributed by atoms with Crippen molar-refractivity contribution in [2.24, 2.45) is 0 Å². The van der Waals surface area contributed by atoms with E-state index in [-0.39, 0.29) is 6.54 Å². The average Bonchev–Trinajstić information content (AvgIpc) is 2.16. The maximum Gasteiger partial charge on any atom is 0.255 e. The Balaban J connectivity index is 2.82. The quantitative estimate of drug-likeness (QED) is 0.704. The molecule has 0 aliphatic heterocycles. The molecule has 14 heavy (non-hydrogen) atoms. The van der Waals surface area contributed by atoms with Crippen LogP contribution in [0.25, 0.3) is 0 Å². The molecule has 0 saturated carbocycles. The summed E-state index contributed by atoms with van der Waals surface area (Å²) in [6.07, 6.45) is -2.33. The number of rotatable bonds is 4. The molecule has 0 bridgehead atoms. The number of para-hydroxylation sites is 1. The first-order chi connectivity index (χ1) is 6.65. The van der Waals surface area contributed by atoms with Crippen molar-refractivity contribution in [3.8, 4) is 0 Å². The van der Waals surface area contributed by atoms with Crippen LogP contribution < -0.4 is 4.90 Å². The van der Waals surface area contributed by atoms with Gasteiger partial charge < -0.3 is 4.90 Å². The molecule has 0 heterocycles. The van der Waals surface area contributed by atoms with Crippen LogP contribution in [0.15, 0.2) is 24.3 Å². The highest BCUT2D eigenvalue weighted by atomic mass is 35.5. The minimum atomic E-state index is -2.33. The molecule has 0 aliphatic carbocycles. The van der Waals surface area contributed by atoms with Crippen LogP contribution in [0.4, 0.5) is 14.5 Å². The minimum absolute atomic E-state index is 0.270. The second-order valence-electron chi connectivity index (χ2n) is 3.03. The monoisotopic (exact) mass is 219 g/mol. The lowest BCUT2D eigenvalue weighted by Gasteiger charge is -2.21. The van der Waals surface area contributed by atoms with Crippen molar-refractivity contribution in [1.29, 1.82) is 0 Å². The molecule has 0 fully saturated rings. The molecule has 0 N–H and O–H groups in total. The Kier molecular flexibility index (Phi) is 4.14. The van der Waals surface area contributed by atoms with Crippen molar-refractivity contribution >= 4 is 17.3 Å². The van der Waals surface area contributed by atoms with Gasteiger partial charge in [0.1, 0.15) is 0 Å². The summed E-state index contributed by atoms with van der Waals surface area (Å²) in [7, 11) is 1.64. The molecule has 1 nitrogen and oxygen atoms in total. The van der Waals surface area contributed by atoms with E-state index in [9.17, 15) is 8.78 Å². The number of hydrogen-bond donors (Lipinski definition) is 0. The summed E-state index contributed by atoms with van der Waals surface area (Å²) < 4.78 is 24.3. The Hall–Kier alpha value is -0.830. The summed E-state index contributed by atoms with van der Waals surface area (Å²) in [6.45, 7) is -0.270. The maximum absolute atomic E-state index is 12.1. The normalized spacial score (nSPS) is 10.6. The van der Waals surface area contributed by atoms with E-state index in [0.717, 1.165) is 11.3 Å². The van der Waals surface area contributed by atoms with Crippen LogP contribution in [0.1, 0.15) is 5.56 Å². The number of benzene rings is 1. The fraction of sp³-hybridized carbons (Fsp3) is 0.400. The lowest BCUT2D eigenvalue weighted by atomic mass is 10.2. The van der Waals surface area contributed by atoms with Crippen LogP contribution in [-0.4, -0.2) is 20.0 Å². The number of halogens is 3. The molecule has 4 heteroatoms. The van der Waals surface area contributed by atoms with Gasteiger partial charge in [0.2, 0.25) is 0 Å². The van der Waals surface area contributed by atoms with Crippen molar-refractivity contribution in [3.63, 3.8) is 0 Å². The first-order valence-electron chi connectivity index (χ1n) is 4.28. The fourth-order valence-electron chi connectivity index (χ4n) is 1.30. The first-order valence-corrected chi connectivity index (χ1v) is 4.81. The summed E-state index contributed by atoms with van der Waals surface area (Å²) in [5.74, 6) is 0.337. The third-order valence-corrected chi connectivity index (χ3v) is 2.25. The van der Waals surface area contributed by atoms with Gasteiger partial charge in [-0.3, -0.25) is 0 Å². The van der Waals surface area contributed by atoms with E-state index in [1.807, 2.05) is 18.2 Å². The maximum atomic E-state index is 12.1. The van der Waals surface area contributed by atoms with Gasteiger partial charge in [-0.15, -0.1) is 11.6 Å². The van der Waals surface area contributed by atoms with Crippen molar-refractivity contribution in [1.82, 2.24) is 0 Å². The molecule has 1 aromatic rings. The fourth-order valence-corrected chi connectivity index (χ4v) is 1.53. The molecular weight excluding hydrogens is 208 g/mol. The number of alkyl halides is 3. The van der Waals surface area contributed by atoms with Gasteiger partial charge in [-0.05, 0) is 11.6 Å². The van der Waals surface area contributed by atoms with E-state index in [0.29, 0.717) is 5.88 Å². The van der Waals surface area contributed by atoms with Crippen molar-refractivity contribution in [2.75, 3.05) is 18.5 Å². The molecule has 1 aromatic carbocycles. The molecule has 0 saturated heterocycles. The van der Waals surface area contributed by atoms with Crippen LogP contribution in [0.3, 0.4) is 0 Å². The van der Waals surface area contributed by atoms with Crippen LogP contribution >= 0.6 is 11.6 Å². The van der Waals surface area contributed by atoms with Crippen LogP contribution in [0, 0.1) is 0 Å². The van der Waals surface area contributed by atoms with Gasteiger partial charge >= 0.3 is 0 Å². The molecule has 0 atom stereocenters. The largest absolute Gasteiger partial charge is 0.369 e. The SMILES string of the molecule is CN(CC(F)F)c1ccccc1CCl. The predicted octanol–water partition coefficient (Wildman–Crippen LogP) is 3.13. The second-order valence-corrected chi connectivity index (χ2v) is 3.30. The molecule has 0 radical (unpaired) electrons. The molecular formula is C10H12ClF2N. The molecule has 0 amide bonds. The average molecular weight is 220 g/mol. The van der Waals surface area contributed by atoms with Gasteiger partial charge in [0.15, 0.2) is 0 Å². The van der Waals surface area contributed by atoms with E-state index in [1.165, 1.54) is 4.90 Å². The van der Waals surface area contributed by atoms with E-state index in [4.69, 9.17) is 11.6 Å². The van der Waals surface area contributed by atoms with E-state index < -0.39 is 6.43 Å². The zero-order valence-corrected chi connectivity index (χ0v) is 8.64. The highest BCUT2D eigenvalue weighted by Gasteiger charge is 2.10. The smallest absolute Gasteiger partial charge is 0.255 e. The van der Waals surface area contributed by atoms with E-state index in [1.54, 1.807) is 13.1 Å². The third-order valence-electron chi connectivity index (χ3n) is 1.96. The first kappa shape index (κ1) is 11.2. The lowest BCUT2D eigenvalue weighted by molar-refractivity contribution is 0.156. The van der Waals surface area contributed by atoms with Crippen molar-refractivity contribution in [2.45, 2.75) is 12.3 Å². The van der Waals surface area contributed by atoms with Gasteiger partial charge in [-0.1, -0.05) is 18.2 Å². The standard InChI is InChI=1S/C10H12ClF2N/c1-14(7-10(12)13)9-5-3-2-4-8(9)6-11/h2-5,10H,6-7H2,1H3. The highest BCUT2D eigenvalue weighted by molar-refractivity contribution is 6.17. The molecule has 0 aromatic heterocycles. The Labute approximate surface area is 87.3 Å². The lowest BCUT2D eigenvalue weighted by Crippen LogP contribution is -2.24. The number of anilines is 1. The van der Waals surface area contributed by atoms with Crippen LogP contribution in [-0.2, 0) is 5.88 Å². The van der Waals surface area contributed by atoms with E-state index in [2.05, 4.69) is 0 Å².